The zero-order chi connectivity index (χ0) is 15.2. The first kappa shape index (κ1) is 14.6. The second-order valence-corrected chi connectivity index (χ2v) is 5.75. The highest BCUT2D eigenvalue weighted by Gasteiger charge is 2.20. The summed E-state index contributed by atoms with van der Waals surface area (Å²) in [6.45, 7) is 0. The molecule has 2 aromatic rings. The molecule has 0 aliphatic heterocycles. The van der Waals surface area contributed by atoms with Crippen LogP contribution in [0, 0.1) is 5.92 Å². The number of hydrogen-bond acceptors (Lipinski definition) is 3. The first-order valence-corrected chi connectivity index (χ1v) is 7.90. The van der Waals surface area contributed by atoms with Crippen molar-refractivity contribution in [2.45, 2.75) is 32.1 Å². The predicted molar refractivity (Wildman–Crippen MR) is 89.2 cm³/mol. The Morgan fingerprint density at radius 3 is 2.41 bits per heavy atom. The van der Waals surface area contributed by atoms with Crippen molar-refractivity contribution in [1.29, 1.82) is 0 Å². The van der Waals surface area contributed by atoms with Gasteiger partial charge in [0, 0.05) is 11.6 Å². The summed E-state index contributed by atoms with van der Waals surface area (Å²) >= 11 is 0. The van der Waals surface area contributed by atoms with Crippen molar-refractivity contribution in [3.05, 3.63) is 48.7 Å². The lowest BCUT2D eigenvalue weighted by molar-refractivity contribution is -0.120. The molecule has 0 spiro atoms. The lowest BCUT2D eigenvalue weighted by Gasteiger charge is -2.20. The maximum Gasteiger partial charge on any atom is 0.227 e. The molecule has 1 fully saturated rings. The highest BCUT2D eigenvalue weighted by atomic mass is 16.1. The number of para-hydroxylation sites is 1. The van der Waals surface area contributed by atoms with Crippen LogP contribution >= 0.6 is 0 Å². The van der Waals surface area contributed by atoms with E-state index in [9.17, 15) is 4.79 Å². The molecule has 1 aliphatic rings. The topological polar surface area (TPSA) is 54.0 Å². The average Bonchev–Trinajstić information content (AvgIpc) is 2.58. The second-order valence-electron chi connectivity index (χ2n) is 5.75. The number of anilines is 3. The van der Waals surface area contributed by atoms with Gasteiger partial charge in [-0.1, -0.05) is 37.5 Å². The van der Waals surface area contributed by atoms with Gasteiger partial charge in [-0.3, -0.25) is 4.79 Å². The maximum absolute atomic E-state index is 12.2. The van der Waals surface area contributed by atoms with E-state index in [1.165, 1.54) is 6.42 Å². The standard InChI is InChI=1S/C18H21N3O/c22-18(14-7-3-1-4-8-14)21-16-11-12-17(19-13-16)20-15-9-5-2-6-10-15/h2,5-6,9-14H,1,3-4,7-8H2,(H,19,20)(H,21,22). The van der Waals surface area contributed by atoms with Crippen molar-refractivity contribution in [2.24, 2.45) is 5.92 Å². The molecule has 1 aromatic carbocycles. The largest absolute Gasteiger partial charge is 0.340 e. The van der Waals surface area contributed by atoms with Gasteiger partial charge >= 0.3 is 0 Å². The van der Waals surface area contributed by atoms with Crippen LogP contribution in [0.15, 0.2) is 48.7 Å². The third-order valence-electron chi connectivity index (χ3n) is 4.05. The van der Waals surface area contributed by atoms with E-state index < -0.39 is 0 Å². The summed E-state index contributed by atoms with van der Waals surface area (Å²) in [6.07, 6.45) is 7.30. The lowest BCUT2D eigenvalue weighted by atomic mass is 9.88. The van der Waals surface area contributed by atoms with Gasteiger partial charge < -0.3 is 10.6 Å². The summed E-state index contributed by atoms with van der Waals surface area (Å²) in [6, 6.07) is 13.7. The summed E-state index contributed by atoms with van der Waals surface area (Å²) in [5, 5.41) is 6.20. The Kier molecular flexibility index (Phi) is 4.68. The number of carbonyl (C=O) groups is 1. The number of aromatic nitrogens is 1. The van der Waals surface area contributed by atoms with Crippen molar-refractivity contribution < 1.29 is 4.79 Å². The molecule has 114 valence electrons. The van der Waals surface area contributed by atoms with Gasteiger partial charge in [0.25, 0.3) is 0 Å². The number of hydrogen-bond donors (Lipinski definition) is 2. The van der Waals surface area contributed by atoms with Crippen molar-refractivity contribution in [3.8, 4) is 0 Å². The van der Waals surface area contributed by atoms with Gasteiger partial charge in [0.2, 0.25) is 5.91 Å². The summed E-state index contributed by atoms with van der Waals surface area (Å²) in [5.41, 5.74) is 1.75. The van der Waals surface area contributed by atoms with E-state index in [0.29, 0.717) is 0 Å². The summed E-state index contributed by atoms with van der Waals surface area (Å²) in [4.78, 5) is 16.5. The molecule has 1 aliphatic carbocycles. The Hall–Kier alpha value is -2.36. The van der Waals surface area contributed by atoms with Gasteiger partial charge in [-0.2, -0.15) is 0 Å². The van der Waals surface area contributed by atoms with E-state index in [4.69, 9.17) is 0 Å². The molecular formula is C18H21N3O. The van der Waals surface area contributed by atoms with Crippen molar-refractivity contribution >= 4 is 23.1 Å². The number of pyridine rings is 1. The van der Waals surface area contributed by atoms with Crippen LogP contribution in [-0.4, -0.2) is 10.9 Å². The van der Waals surface area contributed by atoms with Crippen LogP contribution in [0.2, 0.25) is 0 Å². The Morgan fingerprint density at radius 2 is 1.73 bits per heavy atom. The molecule has 1 saturated carbocycles. The zero-order valence-corrected chi connectivity index (χ0v) is 12.6. The Morgan fingerprint density at radius 1 is 0.955 bits per heavy atom. The van der Waals surface area contributed by atoms with E-state index in [0.717, 1.165) is 42.9 Å². The molecular weight excluding hydrogens is 274 g/mol. The quantitative estimate of drug-likeness (QED) is 0.882. The van der Waals surface area contributed by atoms with Gasteiger partial charge in [0.05, 0.1) is 11.9 Å². The van der Waals surface area contributed by atoms with Gasteiger partial charge in [-0.15, -0.1) is 0 Å². The number of nitrogens with one attached hydrogen (secondary N) is 2. The predicted octanol–water partition coefficient (Wildman–Crippen LogP) is 4.34. The number of rotatable bonds is 4. The minimum atomic E-state index is 0.130. The van der Waals surface area contributed by atoms with Crippen LogP contribution in [0.25, 0.3) is 0 Å². The Bertz CT molecular complexity index is 604. The Balaban J connectivity index is 1.58. The third-order valence-corrected chi connectivity index (χ3v) is 4.05. The first-order valence-electron chi connectivity index (χ1n) is 7.90. The van der Waals surface area contributed by atoms with Crippen LogP contribution in [0.4, 0.5) is 17.2 Å². The van der Waals surface area contributed by atoms with E-state index >= 15 is 0 Å². The molecule has 0 radical (unpaired) electrons. The van der Waals surface area contributed by atoms with E-state index in [1.807, 2.05) is 42.5 Å². The number of carbonyl (C=O) groups excluding carboxylic acids is 1. The van der Waals surface area contributed by atoms with Gasteiger partial charge in [0.15, 0.2) is 0 Å². The molecule has 4 heteroatoms. The molecule has 3 rings (SSSR count). The lowest BCUT2D eigenvalue weighted by Crippen LogP contribution is -2.24. The van der Waals surface area contributed by atoms with E-state index in [1.54, 1.807) is 6.20 Å². The minimum Gasteiger partial charge on any atom is -0.340 e. The van der Waals surface area contributed by atoms with Crippen LogP contribution in [0.5, 0.6) is 0 Å². The van der Waals surface area contributed by atoms with Crippen molar-refractivity contribution in [3.63, 3.8) is 0 Å². The molecule has 4 nitrogen and oxygen atoms in total. The number of benzene rings is 1. The van der Waals surface area contributed by atoms with E-state index in [-0.39, 0.29) is 11.8 Å². The maximum atomic E-state index is 12.2. The van der Waals surface area contributed by atoms with Crippen LogP contribution in [-0.2, 0) is 4.79 Å². The smallest absolute Gasteiger partial charge is 0.227 e. The average molecular weight is 295 g/mol. The molecule has 1 amide bonds. The normalized spacial score (nSPS) is 15.3. The SMILES string of the molecule is O=C(Nc1ccc(Nc2ccccc2)nc1)C1CCCCC1. The molecule has 1 aromatic heterocycles. The van der Waals surface area contributed by atoms with Crippen molar-refractivity contribution in [1.82, 2.24) is 4.98 Å². The Labute approximate surface area is 131 Å². The highest BCUT2D eigenvalue weighted by Crippen LogP contribution is 2.25. The first-order chi connectivity index (χ1) is 10.8. The highest BCUT2D eigenvalue weighted by molar-refractivity contribution is 5.92. The number of nitrogens with zero attached hydrogens (tertiary/aromatic N) is 1. The summed E-state index contributed by atoms with van der Waals surface area (Å²) < 4.78 is 0. The van der Waals surface area contributed by atoms with Gasteiger partial charge in [-0.25, -0.2) is 4.98 Å². The van der Waals surface area contributed by atoms with Gasteiger partial charge in [-0.05, 0) is 37.1 Å². The van der Waals surface area contributed by atoms with Gasteiger partial charge in [0.1, 0.15) is 5.82 Å². The molecule has 0 bridgehead atoms. The fourth-order valence-corrected chi connectivity index (χ4v) is 2.82. The van der Waals surface area contributed by atoms with Crippen LogP contribution < -0.4 is 10.6 Å². The molecule has 0 atom stereocenters. The molecule has 1 heterocycles. The zero-order valence-electron chi connectivity index (χ0n) is 12.6. The summed E-state index contributed by atoms with van der Waals surface area (Å²) in [7, 11) is 0. The molecule has 0 unspecified atom stereocenters. The summed E-state index contributed by atoms with van der Waals surface area (Å²) in [5.74, 6) is 1.06. The van der Waals surface area contributed by atoms with Crippen LogP contribution in [0.3, 0.4) is 0 Å². The van der Waals surface area contributed by atoms with Crippen molar-refractivity contribution in [2.75, 3.05) is 10.6 Å². The van der Waals surface area contributed by atoms with Crippen LogP contribution in [0.1, 0.15) is 32.1 Å². The fraction of sp³-hybridized carbons (Fsp3) is 0.333. The minimum absolute atomic E-state index is 0.130. The number of amides is 1. The monoisotopic (exact) mass is 295 g/mol. The molecule has 0 saturated heterocycles. The fourth-order valence-electron chi connectivity index (χ4n) is 2.82. The molecule has 2 N–H and O–H groups in total. The third kappa shape index (κ3) is 3.85. The second kappa shape index (κ2) is 7.07. The van der Waals surface area contributed by atoms with E-state index in [2.05, 4.69) is 15.6 Å². The molecule has 22 heavy (non-hydrogen) atoms.